The molecule has 0 aromatic carbocycles. The zero-order valence-corrected chi connectivity index (χ0v) is 12.7. The van der Waals surface area contributed by atoms with Crippen molar-refractivity contribution in [3.63, 3.8) is 0 Å². The van der Waals surface area contributed by atoms with Crippen molar-refractivity contribution in [1.29, 1.82) is 0 Å². The first-order valence-electron chi connectivity index (χ1n) is 6.48. The van der Waals surface area contributed by atoms with Gasteiger partial charge in [-0.1, -0.05) is 18.7 Å². The molecule has 4 nitrogen and oxygen atoms in total. The van der Waals surface area contributed by atoms with Gasteiger partial charge in [0.1, 0.15) is 0 Å². The molecule has 0 saturated heterocycles. The lowest BCUT2D eigenvalue weighted by molar-refractivity contribution is 0.582. The highest BCUT2D eigenvalue weighted by Crippen LogP contribution is 2.27. The summed E-state index contributed by atoms with van der Waals surface area (Å²) in [6, 6.07) is 6.57. The highest BCUT2D eigenvalue weighted by Gasteiger charge is 2.07. The number of nitrogens with one attached hydrogen (secondary N) is 1. The Balaban J connectivity index is 2.08. The van der Waals surface area contributed by atoms with Crippen molar-refractivity contribution in [2.24, 2.45) is 7.05 Å². The molecule has 0 aliphatic rings. The molecule has 0 aliphatic carbocycles. The molecule has 0 radical (unpaired) electrons. The maximum Gasteiger partial charge on any atom is 0.0987 e. The lowest BCUT2D eigenvalue weighted by Gasteiger charge is -2.11. The second kappa shape index (κ2) is 6.21. The van der Waals surface area contributed by atoms with Crippen molar-refractivity contribution in [3.8, 4) is 0 Å². The van der Waals surface area contributed by atoms with Crippen LogP contribution < -0.4 is 5.32 Å². The lowest BCUT2D eigenvalue weighted by Crippen LogP contribution is -2.18. The van der Waals surface area contributed by atoms with E-state index in [9.17, 15) is 0 Å². The smallest absolute Gasteiger partial charge is 0.0987 e. The van der Waals surface area contributed by atoms with Gasteiger partial charge in [-0.25, -0.2) is 0 Å². The molecule has 0 bridgehead atoms. The fraction of sp³-hybridized carbons (Fsp3) is 0.429. The van der Waals surface area contributed by atoms with E-state index in [-0.39, 0.29) is 0 Å². The van der Waals surface area contributed by atoms with Crippen LogP contribution in [0.15, 0.2) is 34.3 Å². The summed E-state index contributed by atoms with van der Waals surface area (Å²) in [5.74, 6) is 0. The molecule has 2 rings (SSSR count). The Labute approximate surface area is 118 Å². The predicted octanol–water partition coefficient (Wildman–Crippen LogP) is 2.95. The minimum Gasteiger partial charge on any atom is -0.309 e. The molecule has 0 aliphatic heterocycles. The normalized spacial score (nSPS) is 12.6. The zero-order valence-electron chi connectivity index (χ0n) is 11.8. The average molecular weight is 276 g/mol. The van der Waals surface area contributed by atoms with Crippen molar-refractivity contribution < 1.29 is 0 Å². The van der Waals surface area contributed by atoms with Crippen LogP contribution in [-0.2, 0) is 7.05 Å². The van der Waals surface area contributed by atoms with Gasteiger partial charge in [-0.15, -0.1) is 0 Å². The quantitative estimate of drug-likeness (QED) is 0.912. The molecule has 5 heteroatoms. The molecular weight excluding hydrogens is 256 g/mol. The van der Waals surface area contributed by atoms with Crippen LogP contribution in [0, 0.1) is 6.92 Å². The summed E-state index contributed by atoms with van der Waals surface area (Å²) in [5, 5.41) is 8.83. The van der Waals surface area contributed by atoms with Gasteiger partial charge in [0.25, 0.3) is 0 Å². The molecule has 2 aromatic heterocycles. The predicted molar refractivity (Wildman–Crippen MR) is 78.4 cm³/mol. The summed E-state index contributed by atoms with van der Waals surface area (Å²) in [5.41, 5.74) is 2.11. The fourth-order valence-corrected chi connectivity index (χ4v) is 2.81. The van der Waals surface area contributed by atoms with E-state index in [0.717, 1.165) is 27.9 Å². The summed E-state index contributed by atoms with van der Waals surface area (Å²) in [4.78, 5) is 5.65. The van der Waals surface area contributed by atoms with Crippen LogP contribution in [0.1, 0.15) is 31.3 Å². The lowest BCUT2D eigenvalue weighted by atomic mass is 10.2. The molecule has 2 aromatic rings. The van der Waals surface area contributed by atoms with Crippen LogP contribution in [0.3, 0.4) is 0 Å². The van der Waals surface area contributed by atoms with Crippen molar-refractivity contribution in [2.45, 2.75) is 36.7 Å². The fourth-order valence-electron chi connectivity index (χ4n) is 1.92. The first-order valence-corrected chi connectivity index (χ1v) is 7.29. The Morgan fingerprint density at radius 2 is 2.21 bits per heavy atom. The van der Waals surface area contributed by atoms with Crippen LogP contribution in [0.2, 0.25) is 0 Å². The van der Waals surface area contributed by atoms with Gasteiger partial charge in [-0.3, -0.25) is 9.67 Å². The number of hydrogen-bond acceptors (Lipinski definition) is 4. The second-order valence-electron chi connectivity index (χ2n) is 4.55. The molecule has 1 N–H and O–H groups in total. The third-order valence-corrected chi connectivity index (χ3v) is 3.96. The zero-order chi connectivity index (χ0) is 13.8. The Kier molecular flexibility index (Phi) is 4.61. The van der Waals surface area contributed by atoms with E-state index in [1.165, 1.54) is 0 Å². The number of nitrogens with zero attached hydrogens (tertiary/aromatic N) is 3. The van der Waals surface area contributed by atoms with Gasteiger partial charge in [0.2, 0.25) is 0 Å². The van der Waals surface area contributed by atoms with Crippen LogP contribution in [0.4, 0.5) is 0 Å². The molecule has 1 unspecified atom stereocenters. The van der Waals surface area contributed by atoms with Crippen molar-refractivity contribution >= 4 is 11.8 Å². The molecule has 0 saturated carbocycles. The Bertz CT molecular complexity index is 533. The molecule has 102 valence electrons. The van der Waals surface area contributed by atoms with E-state index in [1.54, 1.807) is 11.8 Å². The monoisotopic (exact) mass is 276 g/mol. The minimum absolute atomic E-state index is 0.294. The molecule has 1 atom stereocenters. The first kappa shape index (κ1) is 14.1. The van der Waals surface area contributed by atoms with Crippen LogP contribution in [0.25, 0.3) is 0 Å². The first-order chi connectivity index (χ1) is 9.10. The number of aryl methyl sites for hydroxylation is 2. The molecule has 0 spiro atoms. The van der Waals surface area contributed by atoms with E-state index in [4.69, 9.17) is 0 Å². The van der Waals surface area contributed by atoms with Gasteiger partial charge in [0, 0.05) is 24.2 Å². The minimum atomic E-state index is 0.294. The van der Waals surface area contributed by atoms with Crippen molar-refractivity contribution in [1.82, 2.24) is 20.1 Å². The van der Waals surface area contributed by atoms with E-state index >= 15 is 0 Å². The van der Waals surface area contributed by atoms with Gasteiger partial charge in [-0.05, 0) is 38.6 Å². The summed E-state index contributed by atoms with van der Waals surface area (Å²) in [6.07, 6.45) is 1.93. The largest absolute Gasteiger partial charge is 0.309 e. The topological polar surface area (TPSA) is 42.7 Å². The molecule has 0 amide bonds. The summed E-state index contributed by atoms with van der Waals surface area (Å²) < 4.78 is 1.90. The Hall–Kier alpha value is -1.33. The standard InChI is InChI=1S/C14H20N4S/c1-5-15-11(3)13-7-6-12(9-16-13)19-14-8-10(2)17-18(14)4/h6-9,11,15H,5H2,1-4H3. The van der Waals surface area contributed by atoms with Crippen LogP contribution in [-0.4, -0.2) is 21.3 Å². The molecule has 19 heavy (non-hydrogen) atoms. The highest BCUT2D eigenvalue weighted by atomic mass is 32.2. The van der Waals surface area contributed by atoms with E-state index in [0.29, 0.717) is 6.04 Å². The number of rotatable bonds is 5. The SMILES string of the molecule is CCNC(C)c1ccc(Sc2cc(C)nn2C)cn1. The number of pyridine rings is 1. The molecule has 0 fully saturated rings. The average Bonchev–Trinajstić information content (AvgIpc) is 2.69. The Morgan fingerprint density at radius 1 is 1.42 bits per heavy atom. The second-order valence-corrected chi connectivity index (χ2v) is 5.64. The highest BCUT2D eigenvalue weighted by molar-refractivity contribution is 7.99. The van der Waals surface area contributed by atoms with Gasteiger partial charge < -0.3 is 5.32 Å². The molecule has 2 heterocycles. The van der Waals surface area contributed by atoms with E-state index in [2.05, 4.69) is 47.4 Å². The number of hydrogen-bond donors (Lipinski definition) is 1. The maximum atomic E-state index is 4.52. The summed E-state index contributed by atoms with van der Waals surface area (Å²) in [6.45, 7) is 7.19. The number of aromatic nitrogens is 3. The maximum absolute atomic E-state index is 4.52. The van der Waals surface area contributed by atoms with Gasteiger partial charge >= 0.3 is 0 Å². The van der Waals surface area contributed by atoms with Crippen LogP contribution in [0.5, 0.6) is 0 Å². The summed E-state index contributed by atoms with van der Waals surface area (Å²) in [7, 11) is 1.96. The van der Waals surface area contributed by atoms with Crippen molar-refractivity contribution in [2.75, 3.05) is 6.54 Å². The third kappa shape index (κ3) is 3.58. The van der Waals surface area contributed by atoms with Gasteiger partial charge in [-0.2, -0.15) is 5.10 Å². The van der Waals surface area contributed by atoms with Gasteiger partial charge in [0.15, 0.2) is 0 Å². The molecular formula is C14H20N4S. The van der Waals surface area contributed by atoms with Gasteiger partial charge in [0.05, 0.1) is 16.4 Å². The third-order valence-electron chi connectivity index (χ3n) is 2.89. The van der Waals surface area contributed by atoms with Crippen molar-refractivity contribution in [3.05, 3.63) is 35.8 Å². The summed E-state index contributed by atoms with van der Waals surface area (Å²) >= 11 is 1.69. The van der Waals surface area contributed by atoms with E-state index < -0.39 is 0 Å². The Morgan fingerprint density at radius 3 is 2.74 bits per heavy atom. The van der Waals surface area contributed by atoms with E-state index in [1.807, 2.05) is 24.9 Å². The van der Waals surface area contributed by atoms with Crippen LogP contribution >= 0.6 is 11.8 Å².